The summed E-state index contributed by atoms with van der Waals surface area (Å²) in [6.07, 6.45) is 4.83. The largest absolute Gasteiger partial charge is 0.355 e. The molecule has 1 aromatic carbocycles. The number of nitrogens with zero attached hydrogens (tertiary/aromatic N) is 1. The van der Waals surface area contributed by atoms with E-state index in [-0.39, 0.29) is 11.3 Å². The number of hydrogen-bond acceptors (Lipinski definition) is 4. The summed E-state index contributed by atoms with van der Waals surface area (Å²) in [7, 11) is 0. The molecule has 0 spiro atoms. The maximum absolute atomic E-state index is 13.0. The zero-order valence-electron chi connectivity index (χ0n) is 15.3. The SMILES string of the molecule is CCC(CC)(Cc1nc2ccccc2s1)C(=O)NCC1CCCNC1. The van der Waals surface area contributed by atoms with Crippen molar-refractivity contribution in [1.29, 1.82) is 0 Å². The fraction of sp³-hybridized carbons (Fsp3) is 0.600. The number of carbonyl (C=O) groups is 1. The van der Waals surface area contributed by atoms with Gasteiger partial charge >= 0.3 is 0 Å². The van der Waals surface area contributed by atoms with Crippen molar-refractivity contribution in [3.8, 4) is 0 Å². The molecule has 1 fully saturated rings. The summed E-state index contributed by atoms with van der Waals surface area (Å²) in [6.45, 7) is 7.16. The van der Waals surface area contributed by atoms with Gasteiger partial charge in [-0.2, -0.15) is 0 Å². The van der Waals surface area contributed by atoms with Crippen LogP contribution in [0.1, 0.15) is 44.5 Å². The first-order valence-electron chi connectivity index (χ1n) is 9.50. The van der Waals surface area contributed by atoms with Gasteiger partial charge < -0.3 is 10.6 Å². The van der Waals surface area contributed by atoms with Crippen LogP contribution < -0.4 is 10.6 Å². The Labute approximate surface area is 154 Å². The molecule has 0 bridgehead atoms. The van der Waals surface area contributed by atoms with Gasteiger partial charge in [0, 0.05) is 13.0 Å². The Balaban J connectivity index is 1.69. The summed E-state index contributed by atoms with van der Waals surface area (Å²) in [4.78, 5) is 17.8. The number of thiazole rings is 1. The van der Waals surface area contributed by atoms with Crippen LogP contribution in [0.3, 0.4) is 0 Å². The number of hydrogen-bond donors (Lipinski definition) is 2. The lowest BCUT2D eigenvalue weighted by molar-refractivity contribution is -0.131. The first-order chi connectivity index (χ1) is 12.2. The van der Waals surface area contributed by atoms with Crippen molar-refractivity contribution in [2.75, 3.05) is 19.6 Å². The summed E-state index contributed by atoms with van der Waals surface area (Å²) >= 11 is 1.72. The second-order valence-electron chi connectivity index (χ2n) is 7.16. The van der Waals surface area contributed by atoms with Crippen molar-refractivity contribution in [3.05, 3.63) is 29.3 Å². The first kappa shape index (κ1) is 18.3. The predicted molar refractivity (Wildman–Crippen MR) is 105 cm³/mol. The number of benzene rings is 1. The van der Waals surface area contributed by atoms with E-state index in [4.69, 9.17) is 4.98 Å². The number of piperidine rings is 1. The molecular weight excluding hydrogens is 330 g/mol. The van der Waals surface area contributed by atoms with Crippen molar-refractivity contribution < 1.29 is 4.79 Å². The lowest BCUT2D eigenvalue weighted by atomic mass is 9.78. The van der Waals surface area contributed by atoms with E-state index >= 15 is 0 Å². The molecule has 25 heavy (non-hydrogen) atoms. The van der Waals surface area contributed by atoms with Crippen LogP contribution in [0.5, 0.6) is 0 Å². The fourth-order valence-corrected chi connectivity index (χ4v) is 4.82. The molecule has 1 unspecified atom stereocenters. The van der Waals surface area contributed by atoms with Gasteiger partial charge in [-0.1, -0.05) is 26.0 Å². The molecule has 0 aliphatic carbocycles. The maximum atomic E-state index is 13.0. The van der Waals surface area contributed by atoms with Gasteiger partial charge in [0.05, 0.1) is 20.6 Å². The molecule has 4 nitrogen and oxygen atoms in total. The summed E-state index contributed by atoms with van der Waals surface area (Å²) in [5, 5.41) is 7.74. The third-order valence-corrected chi connectivity index (χ3v) is 6.65. The highest BCUT2D eigenvalue weighted by atomic mass is 32.1. The summed E-state index contributed by atoms with van der Waals surface area (Å²) < 4.78 is 1.20. The van der Waals surface area contributed by atoms with Crippen molar-refractivity contribution in [2.24, 2.45) is 11.3 Å². The molecule has 0 radical (unpaired) electrons. The standard InChI is InChI=1S/C20H29N3OS/c1-3-20(4-2,19(24)22-14-15-8-7-11-21-13-15)12-18-23-16-9-5-6-10-17(16)25-18/h5-6,9-10,15,21H,3-4,7-8,11-14H2,1-2H3,(H,22,24). The van der Waals surface area contributed by atoms with Crippen molar-refractivity contribution >= 4 is 27.5 Å². The third kappa shape index (κ3) is 4.21. The zero-order chi connectivity index (χ0) is 17.7. The molecule has 3 rings (SSSR count). The van der Waals surface area contributed by atoms with E-state index in [0.29, 0.717) is 5.92 Å². The van der Waals surface area contributed by atoms with Gasteiger partial charge in [-0.25, -0.2) is 4.98 Å². The van der Waals surface area contributed by atoms with Crippen molar-refractivity contribution in [1.82, 2.24) is 15.6 Å². The van der Waals surface area contributed by atoms with E-state index in [2.05, 4.69) is 30.5 Å². The van der Waals surface area contributed by atoms with Gasteiger partial charge in [0.1, 0.15) is 0 Å². The molecule has 1 aliphatic rings. The van der Waals surface area contributed by atoms with E-state index in [1.165, 1.54) is 17.5 Å². The van der Waals surface area contributed by atoms with Crippen molar-refractivity contribution in [2.45, 2.75) is 46.0 Å². The Morgan fingerprint density at radius 2 is 2.16 bits per heavy atom. The van der Waals surface area contributed by atoms with E-state index < -0.39 is 0 Å². The van der Waals surface area contributed by atoms with Gasteiger partial charge in [-0.3, -0.25) is 4.79 Å². The minimum atomic E-state index is -0.351. The van der Waals surface area contributed by atoms with Crippen molar-refractivity contribution in [3.63, 3.8) is 0 Å². The first-order valence-corrected chi connectivity index (χ1v) is 10.3. The Morgan fingerprint density at radius 3 is 2.84 bits per heavy atom. The van der Waals surface area contributed by atoms with Crippen LogP contribution in [0.25, 0.3) is 10.2 Å². The summed E-state index contributed by atoms with van der Waals surface area (Å²) in [6, 6.07) is 8.21. The molecule has 2 N–H and O–H groups in total. The summed E-state index contributed by atoms with van der Waals surface area (Å²) in [5.41, 5.74) is 0.688. The van der Waals surface area contributed by atoms with Crippen LogP contribution in [-0.2, 0) is 11.2 Å². The highest BCUT2D eigenvalue weighted by Crippen LogP contribution is 2.34. The van der Waals surface area contributed by atoms with Crippen LogP contribution in [-0.4, -0.2) is 30.5 Å². The lowest BCUT2D eigenvalue weighted by Gasteiger charge is -2.31. The van der Waals surface area contributed by atoms with E-state index in [9.17, 15) is 4.79 Å². The Hall–Kier alpha value is -1.46. The third-order valence-electron chi connectivity index (χ3n) is 5.61. The zero-order valence-corrected chi connectivity index (χ0v) is 16.1. The molecule has 136 valence electrons. The van der Waals surface area contributed by atoms with E-state index in [1.807, 2.05) is 18.2 Å². The molecule has 1 aromatic heterocycles. The average Bonchev–Trinajstić information content (AvgIpc) is 3.07. The second kappa shape index (κ2) is 8.28. The summed E-state index contributed by atoms with van der Waals surface area (Å²) in [5.74, 6) is 0.758. The smallest absolute Gasteiger partial charge is 0.226 e. The lowest BCUT2D eigenvalue weighted by Crippen LogP contribution is -2.45. The number of amides is 1. The fourth-order valence-electron chi connectivity index (χ4n) is 3.71. The van der Waals surface area contributed by atoms with E-state index in [1.54, 1.807) is 11.3 Å². The Kier molecular flexibility index (Phi) is 6.07. The minimum absolute atomic E-state index is 0.197. The highest BCUT2D eigenvalue weighted by Gasteiger charge is 2.36. The molecule has 1 atom stereocenters. The second-order valence-corrected chi connectivity index (χ2v) is 8.28. The predicted octanol–water partition coefficient (Wildman–Crippen LogP) is 3.76. The van der Waals surface area contributed by atoms with Gasteiger partial charge in [0.25, 0.3) is 0 Å². The maximum Gasteiger partial charge on any atom is 0.226 e. The Bertz CT molecular complexity index is 669. The topological polar surface area (TPSA) is 54.0 Å². The van der Waals surface area contributed by atoms with Crippen LogP contribution in [0.15, 0.2) is 24.3 Å². The van der Waals surface area contributed by atoms with Gasteiger partial charge in [0.2, 0.25) is 5.91 Å². The Morgan fingerprint density at radius 1 is 1.36 bits per heavy atom. The van der Waals surface area contributed by atoms with Crippen LogP contribution in [0.4, 0.5) is 0 Å². The van der Waals surface area contributed by atoms with Gasteiger partial charge in [-0.15, -0.1) is 11.3 Å². The molecule has 1 saturated heterocycles. The number of carbonyl (C=O) groups excluding carboxylic acids is 1. The molecule has 2 aromatic rings. The van der Waals surface area contributed by atoms with E-state index in [0.717, 1.165) is 49.4 Å². The number of nitrogens with one attached hydrogen (secondary N) is 2. The van der Waals surface area contributed by atoms with Gasteiger partial charge in [0.15, 0.2) is 0 Å². The monoisotopic (exact) mass is 359 g/mol. The molecule has 2 heterocycles. The normalized spacial score (nSPS) is 18.4. The molecular formula is C20H29N3OS. The molecule has 5 heteroatoms. The average molecular weight is 360 g/mol. The number of fused-ring (bicyclic) bond motifs is 1. The molecule has 1 amide bonds. The number of para-hydroxylation sites is 1. The van der Waals surface area contributed by atoms with Crippen LogP contribution in [0, 0.1) is 11.3 Å². The van der Waals surface area contributed by atoms with Gasteiger partial charge in [-0.05, 0) is 56.8 Å². The minimum Gasteiger partial charge on any atom is -0.355 e. The highest BCUT2D eigenvalue weighted by molar-refractivity contribution is 7.18. The molecule has 0 saturated carbocycles. The van der Waals surface area contributed by atoms with Crippen LogP contribution in [0.2, 0.25) is 0 Å². The number of rotatable bonds is 7. The van der Waals surface area contributed by atoms with Crippen LogP contribution >= 0.6 is 11.3 Å². The number of aromatic nitrogens is 1. The molecule has 1 aliphatic heterocycles. The quantitative estimate of drug-likeness (QED) is 0.791.